The van der Waals surface area contributed by atoms with Crippen LogP contribution in [0.2, 0.25) is 0 Å². The quantitative estimate of drug-likeness (QED) is 0.263. The van der Waals surface area contributed by atoms with Gasteiger partial charge >= 0.3 is 0 Å². The third-order valence-electron chi connectivity index (χ3n) is 2.74. The molecule has 7 nitrogen and oxygen atoms in total. The Balaban J connectivity index is 2.84. The summed E-state index contributed by atoms with van der Waals surface area (Å²) in [5.41, 5.74) is 5.36. The van der Waals surface area contributed by atoms with Gasteiger partial charge in [-0.2, -0.15) is 12.7 Å². The molecule has 0 radical (unpaired) electrons. The maximum Gasteiger partial charge on any atom is 0.279 e. The van der Waals surface area contributed by atoms with Crippen molar-refractivity contribution in [3.05, 3.63) is 0 Å². The Morgan fingerprint density at radius 3 is 2.56 bits per heavy atom. The van der Waals surface area contributed by atoms with Crippen molar-refractivity contribution in [3.8, 4) is 0 Å². The van der Waals surface area contributed by atoms with Crippen molar-refractivity contribution >= 4 is 16.0 Å². The molecule has 4 N–H and O–H groups in total. The van der Waals surface area contributed by atoms with Crippen LogP contribution >= 0.6 is 0 Å². The molecule has 0 aromatic rings. The van der Waals surface area contributed by atoms with E-state index in [1.165, 1.54) is 11.4 Å². The molecule has 0 aromatic heterocycles. The Bertz CT molecular complexity index is 348. The minimum Gasteiger partial charge on any atom is -0.409 e. The van der Waals surface area contributed by atoms with Crippen LogP contribution in [0.3, 0.4) is 0 Å². The molecule has 16 heavy (non-hydrogen) atoms. The lowest BCUT2D eigenvalue weighted by molar-refractivity contribution is 0.308. The highest BCUT2D eigenvalue weighted by molar-refractivity contribution is 7.87. The van der Waals surface area contributed by atoms with Crippen molar-refractivity contribution in [3.63, 3.8) is 0 Å². The minimum absolute atomic E-state index is 0.0576. The highest BCUT2D eigenvalue weighted by Crippen LogP contribution is 2.24. The van der Waals surface area contributed by atoms with Crippen LogP contribution in [0.1, 0.15) is 25.7 Å². The molecule has 1 aliphatic rings. The zero-order valence-corrected chi connectivity index (χ0v) is 10.1. The monoisotopic (exact) mass is 250 g/mol. The largest absolute Gasteiger partial charge is 0.409 e. The number of hydrogen-bond donors (Lipinski definition) is 3. The summed E-state index contributed by atoms with van der Waals surface area (Å²) in [4.78, 5) is 0. The van der Waals surface area contributed by atoms with Gasteiger partial charge in [-0.15, -0.1) is 0 Å². The SMILES string of the molecule is CNS(=O)(=O)N(CC(N)=NO)C1CCCC1. The Hall–Kier alpha value is -0.860. The van der Waals surface area contributed by atoms with Crippen molar-refractivity contribution in [1.29, 1.82) is 0 Å². The van der Waals surface area contributed by atoms with Crippen molar-refractivity contribution < 1.29 is 13.6 Å². The van der Waals surface area contributed by atoms with E-state index in [1.54, 1.807) is 0 Å². The number of oxime groups is 1. The summed E-state index contributed by atoms with van der Waals surface area (Å²) in [5.74, 6) is -0.106. The van der Waals surface area contributed by atoms with Crippen LogP contribution < -0.4 is 10.5 Å². The maximum absolute atomic E-state index is 11.8. The molecule has 94 valence electrons. The molecule has 0 heterocycles. The number of nitrogens with one attached hydrogen (secondary N) is 1. The van der Waals surface area contributed by atoms with Gasteiger partial charge in [-0.05, 0) is 12.8 Å². The van der Waals surface area contributed by atoms with E-state index in [2.05, 4.69) is 9.88 Å². The molecule has 0 aliphatic heterocycles. The average molecular weight is 250 g/mol. The van der Waals surface area contributed by atoms with Crippen LogP contribution in [0.15, 0.2) is 5.16 Å². The molecule has 1 aliphatic carbocycles. The summed E-state index contributed by atoms with van der Waals surface area (Å²) >= 11 is 0. The fourth-order valence-electron chi connectivity index (χ4n) is 1.91. The summed E-state index contributed by atoms with van der Waals surface area (Å²) in [6.45, 7) is -0.0790. The smallest absolute Gasteiger partial charge is 0.279 e. The molecule has 8 heteroatoms. The van der Waals surface area contributed by atoms with Gasteiger partial charge in [-0.3, -0.25) is 0 Å². The van der Waals surface area contributed by atoms with Crippen LogP contribution in [0.4, 0.5) is 0 Å². The van der Waals surface area contributed by atoms with Gasteiger partial charge in [-0.1, -0.05) is 18.0 Å². The van der Waals surface area contributed by atoms with Gasteiger partial charge in [0, 0.05) is 13.1 Å². The first-order valence-electron chi connectivity index (χ1n) is 5.18. The Morgan fingerprint density at radius 2 is 2.12 bits per heavy atom. The second-order valence-corrected chi connectivity index (χ2v) is 5.61. The molecule has 0 bridgehead atoms. The number of nitrogens with two attached hydrogens (primary N) is 1. The van der Waals surface area contributed by atoms with Gasteiger partial charge in [0.1, 0.15) is 0 Å². The summed E-state index contributed by atoms with van der Waals surface area (Å²) in [6, 6.07) is -0.0576. The number of amidine groups is 1. The van der Waals surface area contributed by atoms with Crippen molar-refractivity contribution in [2.24, 2.45) is 10.9 Å². The van der Waals surface area contributed by atoms with E-state index < -0.39 is 10.2 Å². The normalized spacial score (nSPS) is 19.5. The van der Waals surface area contributed by atoms with Gasteiger partial charge in [0.05, 0.1) is 6.54 Å². The Morgan fingerprint density at radius 1 is 1.56 bits per heavy atom. The van der Waals surface area contributed by atoms with Crippen molar-refractivity contribution in [1.82, 2.24) is 9.03 Å². The molecule has 0 atom stereocenters. The van der Waals surface area contributed by atoms with E-state index in [0.717, 1.165) is 25.7 Å². The van der Waals surface area contributed by atoms with E-state index in [0.29, 0.717) is 0 Å². The second kappa shape index (κ2) is 5.46. The molecule has 0 spiro atoms. The third-order valence-corrected chi connectivity index (χ3v) is 4.31. The van der Waals surface area contributed by atoms with Crippen LogP contribution in [0.5, 0.6) is 0 Å². The molecule has 0 aromatic carbocycles. The van der Waals surface area contributed by atoms with Gasteiger partial charge in [0.15, 0.2) is 5.84 Å². The third kappa shape index (κ3) is 3.06. The molecule has 0 unspecified atom stereocenters. The summed E-state index contributed by atoms with van der Waals surface area (Å²) in [7, 11) is -2.19. The number of hydrogen-bond acceptors (Lipinski definition) is 4. The van der Waals surface area contributed by atoms with Crippen LogP contribution in [-0.2, 0) is 10.2 Å². The maximum atomic E-state index is 11.8. The fourth-order valence-corrected chi connectivity index (χ4v) is 3.05. The standard InChI is InChI=1S/C8H18N4O3S/c1-10-16(14,15)12(6-8(9)11-13)7-4-2-3-5-7/h7,10,13H,2-6H2,1H3,(H2,9,11). The second-order valence-electron chi connectivity index (χ2n) is 3.78. The number of rotatable bonds is 5. The van der Waals surface area contributed by atoms with E-state index in [4.69, 9.17) is 10.9 Å². The molecule has 0 amide bonds. The van der Waals surface area contributed by atoms with Crippen LogP contribution in [0, 0.1) is 0 Å². The zero-order valence-electron chi connectivity index (χ0n) is 9.26. The van der Waals surface area contributed by atoms with Gasteiger partial charge in [0.2, 0.25) is 0 Å². The molecule has 1 saturated carbocycles. The fraction of sp³-hybridized carbons (Fsp3) is 0.875. The van der Waals surface area contributed by atoms with Gasteiger partial charge in [-0.25, -0.2) is 4.72 Å². The van der Waals surface area contributed by atoms with Crippen LogP contribution in [0.25, 0.3) is 0 Å². The summed E-state index contributed by atoms with van der Waals surface area (Å²) < 4.78 is 27.0. The predicted octanol–water partition coefficient (Wildman–Crippen LogP) is -0.558. The first kappa shape index (κ1) is 13.2. The lowest BCUT2D eigenvalue weighted by atomic mass is 10.2. The molecular weight excluding hydrogens is 232 g/mol. The topological polar surface area (TPSA) is 108 Å². The summed E-state index contributed by atoms with van der Waals surface area (Å²) in [6.07, 6.45) is 3.66. The van der Waals surface area contributed by atoms with E-state index in [1.807, 2.05) is 0 Å². The minimum atomic E-state index is -3.54. The molecule has 1 fully saturated rings. The number of nitrogens with zero attached hydrogens (tertiary/aromatic N) is 2. The lowest BCUT2D eigenvalue weighted by Crippen LogP contribution is -2.48. The Kier molecular flexibility index (Phi) is 4.51. The molecule has 1 rings (SSSR count). The highest BCUT2D eigenvalue weighted by atomic mass is 32.2. The Labute approximate surface area is 95.5 Å². The first-order valence-corrected chi connectivity index (χ1v) is 6.62. The van der Waals surface area contributed by atoms with Gasteiger partial charge in [0.25, 0.3) is 10.2 Å². The zero-order chi connectivity index (χ0) is 12.2. The molecule has 0 saturated heterocycles. The van der Waals surface area contributed by atoms with Crippen molar-refractivity contribution in [2.45, 2.75) is 31.7 Å². The molecular formula is C8H18N4O3S. The lowest BCUT2D eigenvalue weighted by Gasteiger charge is -2.26. The van der Waals surface area contributed by atoms with E-state index >= 15 is 0 Å². The average Bonchev–Trinajstić information content (AvgIpc) is 2.78. The van der Waals surface area contributed by atoms with Gasteiger partial charge < -0.3 is 10.9 Å². The van der Waals surface area contributed by atoms with Crippen molar-refractivity contribution in [2.75, 3.05) is 13.6 Å². The predicted molar refractivity (Wildman–Crippen MR) is 60.4 cm³/mol. The van der Waals surface area contributed by atoms with E-state index in [9.17, 15) is 8.42 Å². The van der Waals surface area contributed by atoms with Crippen LogP contribution in [-0.4, -0.2) is 43.4 Å². The van der Waals surface area contributed by atoms with E-state index in [-0.39, 0.29) is 18.4 Å². The first-order chi connectivity index (χ1) is 7.51. The summed E-state index contributed by atoms with van der Waals surface area (Å²) in [5, 5.41) is 11.3. The highest BCUT2D eigenvalue weighted by Gasteiger charge is 2.31.